The van der Waals surface area contributed by atoms with Crippen molar-refractivity contribution in [3.63, 3.8) is 0 Å². The average molecular weight is 1840 g/mol. The molecule has 4 nitrogen and oxygen atoms in total. The molecule has 0 saturated carbocycles. The van der Waals surface area contributed by atoms with Gasteiger partial charge in [0.1, 0.15) is 0 Å². The lowest BCUT2D eigenvalue weighted by molar-refractivity contribution is 0.930. The summed E-state index contributed by atoms with van der Waals surface area (Å²) in [5, 5.41) is 8.03. The minimum atomic E-state index is -2.85. The summed E-state index contributed by atoms with van der Waals surface area (Å²) in [5.74, 6) is 0. The summed E-state index contributed by atoms with van der Waals surface area (Å²) in [5.41, 5.74) is 35.9. The van der Waals surface area contributed by atoms with Gasteiger partial charge in [-0.1, -0.05) is 401 Å². The molecule has 2 aliphatic rings. The molecule has 0 aliphatic heterocycles. The largest absolute Gasteiger partial charge is 0.310 e. The number of hydrogen-bond acceptors (Lipinski definition) is 4. The Labute approximate surface area is 801 Å². The highest BCUT2D eigenvalue weighted by Gasteiger charge is 2.62. The monoisotopic (exact) mass is 1830 g/mol. The van der Waals surface area contributed by atoms with Crippen LogP contribution in [0, 0.1) is 0 Å². The number of rotatable bonds is 24. The molecule has 0 saturated heterocycles. The van der Waals surface area contributed by atoms with Crippen molar-refractivity contribution in [2.75, 3.05) is 19.6 Å². The average Bonchev–Trinajstić information content (AvgIpc) is 1.51. The Balaban J connectivity index is 0.770. The summed E-state index contributed by atoms with van der Waals surface area (Å²) in [6.07, 6.45) is 0. The van der Waals surface area contributed by atoms with Gasteiger partial charge in [0.05, 0.1) is 59.8 Å². The van der Waals surface area contributed by atoms with E-state index in [9.17, 15) is 0 Å². The molecule has 0 heterocycles. The van der Waals surface area contributed by atoms with E-state index in [1.54, 1.807) is 5.56 Å². The van der Waals surface area contributed by atoms with E-state index >= 15 is 0 Å². The Morgan fingerprint density at radius 1 is 0.201 bits per heavy atom. The molecule has 0 spiro atoms. The van der Waals surface area contributed by atoms with Crippen molar-refractivity contribution in [2.45, 2.75) is 127 Å². The predicted molar refractivity (Wildman–Crippen MR) is 598 cm³/mol. The van der Waals surface area contributed by atoms with Gasteiger partial charge in [0.25, 0.3) is 0 Å². The molecule has 1 atom stereocenters. The predicted octanol–water partition coefficient (Wildman–Crippen LogP) is 34.8. The fraction of sp³-hybridized carbons (Fsp3) is 0.161. The van der Waals surface area contributed by atoms with Crippen molar-refractivity contribution in [2.24, 2.45) is 0 Å². The first-order valence-electron chi connectivity index (χ1n) is 48.0. The van der Waals surface area contributed by atoms with Crippen LogP contribution in [0.4, 0.5) is 68.2 Å². The van der Waals surface area contributed by atoms with E-state index < -0.39 is 48.4 Å². The summed E-state index contributed by atoms with van der Waals surface area (Å²) >= 11 is 0. The topological polar surface area (TPSA) is 13.0 Å². The molecule has 0 N–H and O–H groups in total. The van der Waals surface area contributed by atoms with Crippen LogP contribution in [0.5, 0.6) is 0 Å². The third-order valence-corrected chi connectivity index (χ3v) is 54.4. The molecule has 134 heavy (non-hydrogen) atoms. The highest BCUT2D eigenvalue weighted by molar-refractivity contribution is 7.01. The van der Waals surface area contributed by atoms with Crippen LogP contribution in [0.2, 0.25) is 111 Å². The van der Waals surface area contributed by atoms with Crippen molar-refractivity contribution in [3.05, 3.63) is 446 Å². The summed E-state index contributed by atoms with van der Waals surface area (Å²) in [6.45, 7) is 44.6. The van der Waals surface area contributed by atoms with Gasteiger partial charge in [-0.3, -0.25) is 0 Å². The highest BCUT2D eigenvalue weighted by atomic mass is 28.4. The van der Waals surface area contributed by atoms with Crippen molar-refractivity contribution in [1.82, 2.24) is 0 Å². The van der Waals surface area contributed by atoms with E-state index in [2.05, 4.69) is 549 Å². The van der Waals surface area contributed by atoms with Gasteiger partial charge in [-0.15, -0.1) is 0 Å². The Bertz CT molecular complexity index is 7410. The summed E-state index contributed by atoms with van der Waals surface area (Å²) < 4.78 is -0.563. The highest BCUT2D eigenvalue weighted by Crippen LogP contribution is 2.64. The van der Waals surface area contributed by atoms with Gasteiger partial charge < -0.3 is 19.6 Å². The number of benzene rings is 18. The first-order chi connectivity index (χ1) is 64.4. The second-order valence-corrected chi connectivity index (χ2v) is 74.9. The van der Waals surface area contributed by atoms with Crippen LogP contribution in [-0.4, -0.2) is 48.4 Å². The van der Waals surface area contributed by atoms with Gasteiger partial charge in [0.2, 0.25) is 0 Å². The van der Waals surface area contributed by atoms with Crippen LogP contribution in [-0.2, 0) is 15.4 Å². The Kier molecular flexibility index (Phi) is 22.9. The van der Waals surface area contributed by atoms with Gasteiger partial charge >= 0.3 is 0 Å². The molecule has 0 aromatic heterocycles. The standard InChI is InChI=1S/C124H122N4Si6/c1-129(2,3)108-68-61-101(62-69-108)125(98-49-33-22-34-50-98)104-65-75-112-96(79-104)59-74-115-113-76-66-106(85-119(113)124(122(112)115,132(10,11)12)133(13,14)15)126(102-63-70-109(71-64-102)130(4,5)6)103-55-39-40-88(78-103)87-134(16,17)123(131(7,8)9)117-82-97-80-105(127(99-51-35-23-36-52-99)120-83-94(89-41-25-18-26-42-89)57-72-110(120)91-45-29-20-30-46-91)60-56-93(97)81-116(117)114-77-67-107(86-118(114)123)128(100-53-37-24-38-54-100)121-84-95(90-43-27-19-28-44-90)58-73-111(121)92-47-31-21-32-48-92/h18-86H,87H2,1-17H3. The first kappa shape index (κ1) is 88.9. The summed E-state index contributed by atoms with van der Waals surface area (Å²) in [7, 11) is -13.2. The fourth-order valence-electron chi connectivity index (χ4n) is 23.9. The van der Waals surface area contributed by atoms with Crippen LogP contribution in [0.1, 0.15) is 27.8 Å². The van der Waals surface area contributed by atoms with Gasteiger partial charge in [-0.25, -0.2) is 0 Å². The molecule has 2 aliphatic carbocycles. The Hall–Kier alpha value is -13.0. The SMILES string of the molecule is C[Si](C)(C)c1ccc(N(c2cccc(C[Si](C)(C)C3([Si](C)(C)C)c4cc(N(c5ccccc5)c5cc(-c6ccccc6)ccc5-c5ccccc5)ccc4-c4cc5ccc(N(c6ccccc6)c6cc(-c7ccccc7)ccc6-c6ccccc6)cc5cc43)c2)c2ccc3c(c2)C([Si](C)(C)C)([Si](C)(C)C)c2c-3ccc3cc(N(c4ccccc4)c4ccc([Si](C)(C)C)cc4)ccc23)cc1. The van der Waals surface area contributed by atoms with Crippen LogP contribution < -0.4 is 30.0 Å². The molecule has 10 heteroatoms. The lowest BCUT2D eigenvalue weighted by Crippen LogP contribution is -2.66. The zero-order valence-corrected chi connectivity index (χ0v) is 86.8. The second-order valence-electron chi connectivity index (χ2n) is 43.1. The molecule has 0 bridgehead atoms. The van der Waals surface area contributed by atoms with Crippen molar-refractivity contribution >= 4 is 149 Å². The van der Waals surface area contributed by atoms with Crippen molar-refractivity contribution in [1.29, 1.82) is 0 Å². The Morgan fingerprint density at radius 3 is 0.993 bits per heavy atom. The molecule has 20 rings (SSSR count). The van der Waals surface area contributed by atoms with E-state index in [0.29, 0.717) is 0 Å². The van der Waals surface area contributed by atoms with Crippen LogP contribution in [0.25, 0.3) is 88.3 Å². The van der Waals surface area contributed by atoms with Gasteiger partial charge in [0.15, 0.2) is 0 Å². The molecular formula is C124H122N4Si6. The van der Waals surface area contributed by atoms with Gasteiger partial charge in [-0.05, 0) is 251 Å². The second kappa shape index (κ2) is 34.5. The lowest BCUT2D eigenvalue weighted by atomic mass is 9.96. The van der Waals surface area contributed by atoms with Crippen LogP contribution >= 0.6 is 0 Å². The normalized spacial score (nSPS) is 14.1. The van der Waals surface area contributed by atoms with E-state index in [4.69, 9.17) is 0 Å². The van der Waals surface area contributed by atoms with Crippen molar-refractivity contribution in [3.8, 4) is 66.8 Å². The van der Waals surface area contributed by atoms with E-state index in [1.807, 2.05) is 0 Å². The van der Waals surface area contributed by atoms with Gasteiger partial charge in [-0.2, -0.15) is 0 Å². The van der Waals surface area contributed by atoms with Crippen LogP contribution in [0.3, 0.4) is 0 Å². The zero-order chi connectivity index (χ0) is 93.0. The number of fused-ring (bicyclic) bond motifs is 9. The molecule has 0 radical (unpaired) electrons. The molecule has 662 valence electrons. The summed E-state index contributed by atoms with van der Waals surface area (Å²) in [6, 6.07) is 162. The third-order valence-electron chi connectivity index (χ3n) is 29.3. The maximum Gasteiger partial charge on any atom is 0.0775 e. The lowest BCUT2D eigenvalue weighted by Gasteiger charge is -2.53. The van der Waals surface area contributed by atoms with Gasteiger partial charge in [0, 0.05) is 77.3 Å². The van der Waals surface area contributed by atoms with Crippen molar-refractivity contribution < 1.29 is 0 Å². The molecule has 0 amide bonds. The first-order valence-corrected chi connectivity index (χ1v) is 68.7. The third kappa shape index (κ3) is 15.7. The molecule has 0 fully saturated rings. The smallest absolute Gasteiger partial charge is 0.0775 e. The van der Waals surface area contributed by atoms with E-state index in [-0.39, 0.29) is 9.32 Å². The number of para-hydroxylation sites is 3. The Morgan fingerprint density at radius 2 is 0.530 bits per heavy atom. The minimum absolute atomic E-state index is 0.180. The van der Waals surface area contributed by atoms with E-state index in [0.717, 1.165) is 45.9 Å². The van der Waals surface area contributed by atoms with E-state index in [1.165, 1.54) is 149 Å². The number of anilines is 12. The maximum atomic E-state index is 2.78. The molecular weight excluding hydrogens is 1710 g/mol. The molecule has 18 aromatic rings. The summed E-state index contributed by atoms with van der Waals surface area (Å²) in [4.78, 5) is 10.2. The molecule has 1 unspecified atom stereocenters. The number of nitrogens with zero attached hydrogens (tertiary/aromatic N) is 4. The quantitative estimate of drug-likeness (QED) is 0.0559. The molecule has 18 aromatic carbocycles. The maximum absolute atomic E-state index is 2.85. The van der Waals surface area contributed by atoms with Crippen LogP contribution in [0.15, 0.2) is 419 Å². The number of hydrogen-bond donors (Lipinski definition) is 0. The fourth-order valence-corrected chi connectivity index (χ4v) is 53.1. The minimum Gasteiger partial charge on any atom is -0.310 e. The zero-order valence-electron chi connectivity index (χ0n) is 80.8.